The summed E-state index contributed by atoms with van der Waals surface area (Å²) in [5.74, 6) is 1.46. The fraction of sp³-hybridized carbons (Fsp3) is 0.526. The van der Waals surface area contributed by atoms with Crippen LogP contribution in [0.25, 0.3) is 5.82 Å². The number of amides is 2. The molecule has 28 heavy (non-hydrogen) atoms. The molecule has 148 valence electrons. The molecule has 2 aliphatic rings. The van der Waals surface area contributed by atoms with E-state index in [9.17, 15) is 9.59 Å². The van der Waals surface area contributed by atoms with Crippen molar-refractivity contribution in [1.82, 2.24) is 25.1 Å². The van der Waals surface area contributed by atoms with Crippen LogP contribution in [0, 0.1) is 18.8 Å². The minimum absolute atomic E-state index is 0.0394. The standard InChI is InChI=1S/C19H25N7O2/c1-11-7-17(26(25-11)16-9-15(20-2)21-10-22-16)24-19(28)13-8-18(27)23-14-6-4-3-5-12(13)14/h7,9-10,12-14H,3-6,8H2,1-2H3,(H,23,27)(H,24,28)(H,20,21,22). The van der Waals surface area contributed by atoms with Gasteiger partial charge in [-0.1, -0.05) is 12.8 Å². The van der Waals surface area contributed by atoms with Gasteiger partial charge in [-0.05, 0) is 25.7 Å². The number of carbonyl (C=O) groups is 2. The highest BCUT2D eigenvalue weighted by molar-refractivity contribution is 5.96. The Morgan fingerprint density at radius 1 is 1.25 bits per heavy atom. The molecule has 9 nitrogen and oxygen atoms in total. The fourth-order valence-corrected chi connectivity index (χ4v) is 4.31. The van der Waals surface area contributed by atoms with Crippen LogP contribution in [-0.4, -0.2) is 44.7 Å². The van der Waals surface area contributed by atoms with Crippen molar-refractivity contribution in [3.63, 3.8) is 0 Å². The summed E-state index contributed by atoms with van der Waals surface area (Å²) < 4.78 is 1.59. The van der Waals surface area contributed by atoms with Crippen molar-refractivity contribution in [2.75, 3.05) is 17.7 Å². The van der Waals surface area contributed by atoms with Gasteiger partial charge >= 0.3 is 0 Å². The molecule has 0 aromatic carbocycles. The molecule has 2 aromatic heterocycles. The van der Waals surface area contributed by atoms with Crippen LogP contribution in [0.3, 0.4) is 0 Å². The van der Waals surface area contributed by atoms with Crippen molar-refractivity contribution < 1.29 is 9.59 Å². The Morgan fingerprint density at radius 2 is 2.07 bits per heavy atom. The number of nitrogens with one attached hydrogen (secondary N) is 3. The molecule has 1 saturated carbocycles. The van der Waals surface area contributed by atoms with Gasteiger partial charge in [0, 0.05) is 31.6 Å². The van der Waals surface area contributed by atoms with E-state index in [1.807, 2.05) is 6.92 Å². The lowest BCUT2D eigenvalue weighted by Crippen LogP contribution is -2.53. The number of aryl methyl sites for hydroxylation is 1. The molecule has 0 bridgehead atoms. The summed E-state index contributed by atoms with van der Waals surface area (Å²) in [4.78, 5) is 33.6. The molecule has 3 N–H and O–H groups in total. The lowest BCUT2D eigenvalue weighted by molar-refractivity contribution is -0.134. The second kappa shape index (κ2) is 7.57. The third kappa shape index (κ3) is 3.56. The maximum atomic E-state index is 13.1. The largest absolute Gasteiger partial charge is 0.373 e. The van der Waals surface area contributed by atoms with Gasteiger partial charge in [0.1, 0.15) is 18.0 Å². The van der Waals surface area contributed by atoms with Gasteiger partial charge in [0.2, 0.25) is 11.8 Å². The number of anilines is 2. The first-order valence-corrected chi connectivity index (χ1v) is 9.72. The topological polar surface area (TPSA) is 114 Å². The zero-order valence-electron chi connectivity index (χ0n) is 16.1. The van der Waals surface area contributed by atoms with E-state index in [0.717, 1.165) is 31.4 Å². The van der Waals surface area contributed by atoms with Gasteiger partial charge in [-0.15, -0.1) is 0 Å². The first-order valence-electron chi connectivity index (χ1n) is 9.72. The Morgan fingerprint density at radius 3 is 2.89 bits per heavy atom. The average molecular weight is 383 g/mol. The minimum Gasteiger partial charge on any atom is -0.373 e. The van der Waals surface area contributed by atoms with Crippen molar-refractivity contribution in [2.24, 2.45) is 11.8 Å². The third-order valence-electron chi connectivity index (χ3n) is 5.63. The fourth-order valence-electron chi connectivity index (χ4n) is 4.31. The van der Waals surface area contributed by atoms with Crippen LogP contribution in [0.5, 0.6) is 0 Å². The molecule has 2 aromatic rings. The molecule has 1 aliphatic heterocycles. The summed E-state index contributed by atoms with van der Waals surface area (Å²) in [6.07, 6.45) is 5.80. The Kier molecular flexibility index (Phi) is 4.97. The molecule has 3 atom stereocenters. The highest BCUT2D eigenvalue weighted by Crippen LogP contribution is 2.36. The number of rotatable bonds is 4. The van der Waals surface area contributed by atoms with E-state index in [1.165, 1.54) is 6.33 Å². The highest BCUT2D eigenvalue weighted by atomic mass is 16.2. The van der Waals surface area contributed by atoms with Gasteiger partial charge in [0.15, 0.2) is 5.82 Å². The summed E-state index contributed by atoms with van der Waals surface area (Å²) in [6.45, 7) is 1.86. The van der Waals surface area contributed by atoms with Crippen LogP contribution in [0.2, 0.25) is 0 Å². The molecule has 4 rings (SSSR count). The van der Waals surface area contributed by atoms with Gasteiger partial charge in [-0.25, -0.2) is 9.97 Å². The van der Waals surface area contributed by atoms with E-state index < -0.39 is 0 Å². The quantitative estimate of drug-likeness (QED) is 0.740. The van der Waals surface area contributed by atoms with Crippen LogP contribution in [0.4, 0.5) is 11.6 Å². The van der Waals surface area contributed by atoms with Crippen molar-refractivity contribution in [1.29, 1.82) is 0 Å². The number of piperidine rings is 1. The van der Waals surface area contributed by atoms with Crippen molar-refractivity contribution >= 4 is 23.5 Å². The molecule has 3 heterocycles. The Balaban J connectivity index is 1.58. The molecule has 1 aliphatic carbocycles. The Labute approximate surface area is 163 Å². The summed E-state index contributed by atoms with van der Waals surface area (Å²) in [5, 5.41) is 13.5. The first-order chi connectivity index (χ1) is 13.5. The normalized spacial score (nSPS) is 24.2. The lowest BCUT2D eigenvalue weighted by Gasteiger charge is -2.40. The van der Waals surface area contributed by atoms with Gasteiger partial charge in [-0.3, -0.25) is 9.59 Å². The molecule has 0 radical (unpaired) electrons. The van der Waals surface area contributed by atoms with Crippen LogP contribution in [0.15, 0.2) is 18.5 Å². The molecule has 0 spiro atoms. The molecular weight excluding hydrogens is 358 g/mol. The van der Waals surface area contributed by atoms with Crippen molar-refractivity contribution in [3.05, 3.63) is 24.2 Å². The third-order valence-corrected chi connectivity index (χ3v) is 5.63. The predicted molar refractivity (Wildman–Crippen MR) is 104 cm³/mol. The van der Waals surface area contributed by atoms with E-state index in [1.54, 1.807) is 23.9 Å². The molecule has 9 heteroatoms. The number of fused-ring (bicyclic) bond motifs is 1. The van der Waals surface area contributed by atoms with Crippen LogP contribution in [0.1, 0.15) is 37.8 Å². The summed E-state index contributed by atoms with van der Waals surface area (Å²) >= 11 is 0. The SMILES string of the molecule is CNc1cc(-n2nc(C)cc2NC(=O)C2CC(=O)NC3CCCCC32)ncn1. The number of carbonyl (C=O) groups excluding carboxylic acids is 2. The van der Waals surface area contributed by atoms with Gasteiger partial charge in [0.05, 0.1) is 11.6 Å². The second-order valence-corrected chi connectivity index (χ2v) is 7.52. The second-order valence-electron chi connectivity index (χ2n) is 7.52. The molecule has 2 amide bonds. The van der Waals surface area contributed by atoms with Gasteiger partial charge in [0.25, 0.3) is 0 Å². The maximum absolute atomic E-state index is 13.1. The number of aromatic nitrogens is 4. The van der Waals surface area contributed by atoms with Crippen LogP contribution < -0.4 is 16.0 Å². The summed E-state index contributed by atoms with van der Waals surface area (Å²) in [7, 11) is 1.78. The van der Waals surface area contributed by atoms with Crippen molar-refractivity contribution in [3.8, 4) is 5.82 Å². The molecule has 3 unspecified atom stereocenters. The van der Waals surface area contributed by atoms with E-state index in [2.05, 4.69) is 31.0 Å². The smallest absolute Gasteiger partial charge is 0.229 e. The number of hydrogen-bond acceptors (Lipinski definition) is 6. The zero-order valence-corrected chi connectivity index (χ0v) is 16.1. The van der Waals surface area contributed by atoms with Crippen molar-refractivity contribution in [2.45, 2.75) is 45.1 Å². The van der Waals surface area contributed by atoms with Crippen LogP contribution in [-0.2, 0) is 9.59 Å². The average Bonchev–Trinajstić information content (AvgIpc) is 3.07. The number of nitrogens with zero attached hydrogens (tertiary/aromatic N) is 4. The van der Waals surface area contributed by atoms with E-state index >= 15 is 0 Å². The zero-order chi connectivity index (χ0) is 19.7. The molecular formula is C19H25N7O2. The molecule has 2 fully saturated rings. The van der Waals surface area contributed by atoms with E-state index in [-0.39, 0.29) is 36.1 Å². The van der Waals surface area contributed by atoms with Gasteiger partial charge in [-0.2, -0.15) is 9.78 Å². The summed E-state index contributed by atoms with van der Waals surface area (Å²) in [6, 6.07) is 3.67. The number of hydrogen-bond donors (Lipinski definition) is 3. The maximum Gasteiger partial charge on any atom is 0.229 e. The van der Waals surface area contributed by atoms with E-state index in [4.69, 9.17) is 0 Å². The first kappa shape index (κ1) is 18.4. The predicted octanol–water partition coefficient (Wildman–Crippen LogP) is 1.65. The Bertz CT molecular complexity index is 894. The highest BCUT2D eigenvalue weighted by Gasteiger charge is 2.41. The molecule has 1 saturated heterocycles. The Hall–Kier alpha value is -2.97. The summed E-state index contributed by atoms with van der Waals surface area (Å²) in [5.41, 5.74) is 0.761. The van der Waals surface area contributed by atoms with Gasteiger partial charge < -0.3 is 16.0 Å². The van der Waals surface area contributed by atoms with E-state index in [0.29, 0.717) is 17.5 Å². The minimum atomic E-state index is -0.319. The lowest BCUT2D eigenvalue weighted by atomic mass is 9.72. The monoisotopic (exact) mass is 383 g/mol. The van der Waals surface area contributed by atoms with Crippen LogP contribution >= 0.6 is 0 Å².